The number of rotatable bonds is 3. The number of aromatic nitrogens is 2. The summed E-state index contributed by atoms with van der Waals surface area (Å²) >= 11 is 0. The molecule has 0 saturated heterocycles. The van der Waals surface area contributed by atoms with Crippen LogP contribution in [0, 0.1) is 0 Å². The first-order valence-corrected chi connectivity index (χ1v) is 5.44. The lowest BCUT2D eigenvalue weighted by Gasteiger charge is -2.17. The number of carbonyl (C=O) groups excluding carboxylic acids is 1. The molecule has 3 N–H and O–H groups in total. The van der Waals surface area contributed by atoms with Crippen molar-refractivity contribution in [2.45, 2.75) is 19.4 Å². The van der Waals surface area contributed by atoms with E-state index in [0.29, 0.717) is 11.5 Å². The first kappa shape index (κ1) is 12.3. The van der Waals surface area contributed by atoms with Crippen molar-refractivity contribution >= 4 is 11.6 Å². The van der Waals surface area contributed by atoms with E-state index in [1.54, 1.807) is 38.1 Å². The van der Waals surface area contributed by atoms with Gasteiger partial charge >= 0.3 is 0 Å². The van der Waals surface area contributed by atoms with Crippen molar-refractivity contribution in [1.82, 2.24) is 10.1 Å². The Morgan fingerprint density at radius 2 is 2.00 bits per heavy atom. The number of nitrogens with two attached hydrogens (primary N) is 1. The molecular weight excluding hydrogens is 232 g/mol. The smallest absolute Gasteiger partial charge is 0.243 e. The van der Waals surface area contributed by atoms with Gasteiger partial charge in [0.1, 0.15) is 0 Å². The van der Waals surface area contributed by atoms with E-state index in [4.69, 9.17) is 5.73 Å². The molecule has 1 aromatic carbocycles. The van der Waals surface area contributed by atoms with E-state index in [0.717, 1.165) is 5.56 Å². The Morgan fingerprint density at radius 1 is 1.33 bits per heavy atom. The highest BCUT2D eigenvalue weighted by molar-refractivity contribution is 5.97. The molecule has 0 bridgehead atoms. The molecule has 0 unspecified atom stereocenters. The monoisotopic (exact) mass is 246 g/mol. The summed E-state index contributed by atoms with van der Waals surface area (Å²) in [4.78, 5) is 15.6. The van der Waals surface area contributed by atoms with Crippen LogP contribution in [0.3, 0.4) is 0 Å². The predicted molar refractivity (Wildman–Crippen MR) is 66.6 cm³/mol. The average Bonchev–Trinajstić information content (AvgIpc) is 2.82. The molecule has 0 saturated carbocycles. The quantitative estimate of drug-likeness (QED) is 0.854. The van der Waals surface area contributed by atoms with Crippen LogP contribution in [0.15, 0.2) is 35.2 Å². The maximum absolute atomic E-state index is 11.7. The van der Waals surface area contributed by atoms with Gasteiger partial charge in [0.15, 0.2) is 0 Å². The summed E-state index contributed by atoms with van der Waals surface area (Å²) in [7, 11) is 0. The van der Waals surface area contributed by atoms with E-state index in [1.807, 2.05) is 0 Å². The fourth-order valence-corrected chi connectivity index (χ4v) is 1.29. The molecular formula is C12H14N4O2. The van der Waals surface area contributed by atoms with Crippen LogP contribution in [0.4, 0.5) is 5.69 Å². The van der Waals surface area contributed by atoms with Crippen molar-refractivity contribution < 1.29 is 9.32 Å². The Hall–Kier alpha value is -2.21. The zero-order valence-corrected chi connectivity index (χ0v) is 10.2. The van der Waals surface area contributed by atoms with Gasteiger partial charge in [0.25, 0.3) is 0 Å². The molecule has 6 nitrogen and oxygen atoms in total. The van der Waals surface area contributed by atoms with Crippen LogP contribution in [-0.4, -0.2) is 21.6 Å². The van der Waals surface area contributed by atoms with Gasteiger partial charge in [-0.2, -0.15) is 4.98 Å². The zero-order chi connectivity index (χ0) is 13.2. The molecule has 18 heavy (non-hydrogen) atoms. The first-order chi connectivity index (χ1) is 8.47. The minimum atomic E-state index is -0.910. The van der Waals surface area contributed by atoms with Gasteiger partial charge in [0.05, 0.1) is 5.54 Å². The highest BCUT2D eigenvalue weighted by Crippen LogP contribution is 2.18. The topological polar surface area (TPSA) is 94.0 Å². The third kappa shape index (κ3) is 2.72. The van der Waals surface area contributed by atoms with E-state index >= 15 is 0 Å². The third-order valence-corrected chi connectivity index (χ3v) is 2.35. The normalized spacial score (nSPS) is 11.3. The molecule has 0 aliphatic rings. The van der Waals surface area contributed by atoms with Gasteiger partial charge in [-0.15, -0.1) is 0 Å². The number of anilines is 1. The maximum atomic E-state index is 11.7. The summed E-state index contributed by atoms with van der Waals surface area (Å²) < 4.78 is 4.66. The summed E-state index contributed by atoms with van der Waals surface area (Å²) in [5, 5.41) is 6.45. The summed E-state index contributed by atoms with van der Waals surface area (Å²) in [6.07, 6.45) is 1.27. The van der Waals surface area contributed by atoms with E-state index in [1.165, 1.54) is 6.39 Å². The van der Waals surface area contributed by atoms with Crippen LogP contribution in [0.1, 0.15) is 13.8 Å². The van der Waals surface area contributed by atoms with Crippen molar-refractivity contribution in [3.8, 4) is 11.4 Å². The van der Waals surface area contributed by atoms with Gasteiger partial charge in [-0.05, 0) is 38.1 Å². The molecule has 1 heterocycles. The maximum Gasteiger partial charge on any atom is 0.243 e. The number of carbonyl (C=O) groups is 1. The third-order valence-electron chi connectivity index (χ3n) is 2.35. The lowest BCUT2D eigenvalue weighted by atomic mass is 10.1. The van der Waals surface area contributed by atoms with Crippen LogP contribution >= 0.6 is 0 Å². The minimum Gasteiger partial charge on any atom is -0.342 e. The minimum absolute atomic E-state index is 0.241. The zero-order valence-electron chi connectivity index (χ0n) is 10.2. The fourth-order valence-electron chi connectivity index (χ4n) is 1.29. The highest BCUT2D eigenvalue weighted by Gasteiger charge is 2.21. The second-order valence-corrected chi connectivity index (χ2v) is 4.51. The van der Waals surface area contributed by atoms with Gasteiger partial charge in [-0.3, -0.25) is 4.79 Å². The number of nitrogens with one attached hydrogen (secondary N) is 1. The SMILES string of the molecule is CC(C)(N)C(=O)Nc1ccc(-c2ncon2)cc1. The number of amides is 1. The molecule has 1 amide bonds. The summed E-state index contributed by atoms with van der Waals surface area (Å²) in [5.74, 6) is 0.266. The number of hydrogen-bond donors (Lipinski definition) is 2. The Kier molecular flexibility index (Phi) is 3.12. The van der Waals surface area contributed by atoms with Crippen molar-refractivity contribution in [2.24, 2.45) is 5.73 Å². The van der Waals surface area contributed by atoms with Gasteiger partial charge in [-0.1, -0.05) is 5.16 Å². The number of benzene rings is 1. The Morgan fingerprint density at radius 3 is 2.50 bits per heavy atom. The Bertz CT molecular complexity index is 526. The Labute approximate surface area is 104 Å². The van der Waals surface area contributed by atoms with E-state index in [2.05, 4.69) is 20.0 Å². The molecule has 0 spiro atoms. The van der Waals surface area contributed by atoms with Crippen molar-refractivity contribution in [3.05, 3.63) is 30.7 Å². The van der Waals surface area contributed by atoms with Gasteiger partial charge in [0, 0.05) is 11.3 Å². The van der Waals surface area contributed by atoms with Crippen molar-refractivity contribution in [1.29, 1.82) is 0 Å². The molecule has 1 aromatic heterocycles. The Balaban J connectivity index is 2.12. The molecule has 0 atom stereocenters. The number of hydrogen-bond acceptors (Lipinski definition) is 5. The van der Waals surface area contributed by atoms with Crippen LogP contribution < -0.4 is 11.1 Å². The number of nitrogens with zero attached hydrogens (tertiary/aromatic N) is 2. The summed E-state index contributed by atoms with van der Waals surface area (Å²) in [6, 6.07) is 7.11. The predicted octanol–water partition coefficient (Wildman–Crippen LogP) is 1.41. The average molecular weight is 246 g/mol. The molecule has 2 aromatic rings. The summed E-state index contributed by atoms with van der Waals surface area (Å²) in [5.41, 5.74) is 6.26. The molecule has 2 rings (SSSR count). The largest absolute Gasteiger partial charge is 0.342 e. The van der Waals surface area contributed by atoms with Crippen LogP contribution in [0.5, 0.6) is 0 Å². The highest BCUT2D eigenvalue weighted by atomic mass is 16.5. The van der Waals surface area contributed by atoms with E-state index < -0.39 is 5.54 Å². The standard InChI is InChI=1S/C12H14N4O2/c1-12(2,13)11(17)15-9-5-3-8(4-6-9)10-14-7-18-16-10/h3-7H,13H2,1-2H3,(H,15,17). The second kappa shape index (κ2) is 4.58. The second-order valence-electron chi connectivity index (χ2n) is 4.51. The molecule has 94 valence electrons. The molecule has 6 heteroatoms. The van der Waals surface area contributed by atoms with Gasteiger partial charge in [-0.25, -0.2) is 0 Å². The summed E-state index contributed by atoms with van der Waals surface area (Å²) in [6.45, 7) is 3.30. The van der Waals surface area contributed by atoms with Crippen LogP contribution in [-0.2, 0) is 4.79 Å². The molecule has 0 fully saturated rings. The fraction of sp³-hybridized carbons (Fsp3) is 0.250. The molecule has 0 radical (unpaired) electrons. The lowest BCUT2D eigenvalue weighted by Crippen LogP contribution is -2.45. The van der Waals surface area contributed by atoms with Gasteiger partial charge in [0.2, 0.25) is 18.1 Å². The van der Waals surface area contributed by atoms with Crippen molar-refractivity contribution in [3.63, 3.8) is 0 Å². The molecule has 0 aliphatic carbocycles. The van der Waals surface area contributed by atoms with Crippen LogP contribution in [0.2, 0.25) is 0 Å². The van der Waals surface area contributed by atoms with E-state index in [9.17, 15) is 4.79 Å². The van der Waals surface area contributed by atoms with E-state index in [-0.39, 0.29) is 5.91 Å². The van der Waals surface area contributed by atoms with Crippen LogP contribution in [0.25, 0.3) is 11.4 Å². The molecule has 0 aliphatic heterocycles. The first-order valence-electron chi connectivity index (χ1n) is 5.44. The van der Waals surface area contributed by atoms with Crippen molar-refractivity contribution in [2.75, 3.05) is 5.32 Å². The van der Waals surface area contributed by atoms with Gasteiger partial charge < -0.3 is 15.6 Å². The lowest BCUT2D eigenvalue weighted by molar-refractivity contribution is -0.120.